The summed E-state index contributed by atoms with van der Waals surface area (Å²) in [5.41, 5.74) is 2.57. The molecule has 0 saturated carbocycles. The van der Waals surface area contributed by atoms with Crippen LogP contribution in [0.15, 0.2) is 60.7 Å². The standard InChI is InChI=1S/C24H32N2O2/c1-28-24-11-9-22(10-12-24)8-5-15-25-17-18-26(23(20-25)14-19-27)16-13-21-6-3-2-4-7-21/h2-12,23,27H,13-20H2,1H3/b8-5+/t23-/m1/s1. The summed E-state index contributed by atoms with van der Waals surface area (Å²) in [5, 5.41) is 9.51. The second kappa shape index (κ2) is 11.0. The molecule has 1 atom stereocenters. The van der Waals surface area contributed by atoms with Crippen LogP contribution in [0.1, 0.15) is 17.5 Å². The van der Waals surface area contributed by atoms with Crippen LogP contribution in [0.2, 0.25) is 0 Å². The molecule has 2 aromatic carbocycles. The lowest BCUT2D eigenvalue weighted by Crippen LogP contribution is -2.53. The van der Waals surface area contributed by atoms with E-state index in [1.807, 2.05) is 12.1 Å². The Morgan fingerprint density at radius 3 is 2.57 bits per heavy atom. The van der Waals surface area contributed by atoms with E-state index < -0.39 is 0 Å². The summed E-state index contributed by atoms with van der Waals surface area (Å²) in [7, 11) is 1.69. The zero-order valence-corrected chi connectivity index (χ0v) is 16.8. The number of hydrogen-bond acceptors (Lipinski definition) is 4. The van der Waals surface area contributed by atoms with Gasteiger partial charge in [-0.05, 0) is 36.1 Å². The van der Waals surface area contributed by atoms with Gasteiger partial charge in [-0.2, -0.15) is 0 Å². The van der Waals surface area contributed by atoms with Gasteiger partial charge in [0.25, 0.3) is 0 Å². The van der Waals surface area contributed by atoms with E-state index in [0.717, 1.165) is 51.3 Å². The molecule has 0 bridgehead atoms. The summed E-state index contributed by atoms with van der Waals surface area (Å²) in [6.07, 6.45) is 6.31. The van der Waals surface area contributed by atoms with Crippen LogP contribution in [-0.2, 0) is 6.42 Å². The van der Waals surface area contributed by atoms with Gasteiger partial charge in [-0.25, -0.2) is 0 Å². The maximum Gasteiger partial charge on any atom is 0.118 e. The third kappa shape index (κ3) is 6.20. The zero-order valence-electron chi connectivity index (χ0n) is 16.8. The maximum atomic E-state index is 9.51. The minimum atomic E-state index is 0.252. The van der Waals surface area contributed by atoms with Crippen LogP contribution in [0.3, 0.4) is 0 Å². The van der Waals surface area contributed by atoms with Crippen molar-refractivity contribution < 1.29 is 9.84 Å². The minimum absolute atomic E-state index is 0.252. The number of aliphatic hydroxyl groups is 1. The largest absolute Gasteiger partial charge is 0.497 e. The Morgan fingerprint density at radius 1 is 1.07 bits per heavy atom. The summed E-state index contributed by atoms with van der Waals surface area (Å²) in [6.45, 7) is 5.41. The van der Waals surface area contributed by atoms with Crippen LogP contribution in [0.5, 0.6) is 5.75 Å². The molecular formula is C24H32N2O2. The Balaban J connectivity index is 1.49. The van der Waals surface area contributed by atoms with Crippen molar-refractivity contribution in [2.45, 2.75) is 18.9 Å². The van der Waals surface area contributed by atoms with Crippen molar-refractivity contribution in [1.29, 1.82) is 0 Å². The molecule has 0 aromatic heterocycles. The van der Waals surface area contributed by atoms with E-state index in [4.69, 9.17) is 4.74 Å². The van der Waals surface area contributed by atoms with Crippen molar-refractivity contribution in [3.8, 4) is 5.75 Å². The molecule has 150 valence electrons. The predicted molar refractivity (Wildman–Crippen MR) is 116 cm³/mol. The van der Waals surface area contributed by atoms with Gasteiger partial charge in [-0.1, -0.05) is 54.6 Å². The number of rotatable bonds is 9. The summed E-state index contributed by atoms with van der Waals surface area (Å²) in [5.74, 6) is 0.885. The molecule has 1 saturated heterocycles. The first-order chi connectivity index (χ1) is 13.8. The van der Waals surface area contributed by atoms with Crippen LogP contribution >= 0.6 is 0 Å². The van der Waals surface area contributed by atoms with Gasteiger partial charge in [0.2, 0.25) is 0 Å². The molecular weight excluding hydrogens is 348 g/mol. The Bertz CT molecular complexity index is 715. The Morgan fingerprint density at radius 2 is 1.86 bits per heavy atom. The van der Waals surface area contributed by atoms with Crippen molar-refractivity contribution in [1.82, 2.24) is 9.80 Å². The van der Waals surface area contributed by atoms with Gasteiger partial charge in [0, 0.05) is 45.4 Å². The SMILES string of the molecule is COc1ccc(/C=C/CN2CCN(CCc3ccccc3)[C@H](CCO)C2)cc1. The zero-order chi connectivity index (χ0) is 19.6. The summed E-state index contributed by atoms with van der Waals surface area (Å²) >= 11 is 0. The first-order valence-corrected chi connectivity index (χ1v) is 10.2. The van der Waals surface area contributed by atoms with Crippen molar-refractivity contribution in [3.63, 3.8) is 0 Å². The van der Waals surface area contributed by atoms with Crippen LogP contribution in [0.25, 0.3) is 6.08 Å². The molecule has 28 heavy (non-hydrogen) atoms. The Labute approximate surface area is 169 Å². The van der Waals surface area contributed by atoms with Gasteiger partial charge in [0.1, 0.15) is 5.75 Å². The summed E-state index contributed by atoms with van der Waals surface area (Å²) in [4.78, 5) is 5.03. The highest BCUT2D eigenvalue weighted by Crippen LogP contribution is 2.15. The lowest BCUT2D eigenvalue weighted by atomic mass is 10.1. The van der Waals surface area contributed by atoms with Gasteiger partial charge in [-0.3, -0.25) is 9.80 Å². The molecule has 1 N–H and O–H groups in total. The Hall–Kier alpha value is -2.14. The topological polar surface area (TPSA) is 35.9 Å². The minimum Gasteiger partial charge on any atom is -0.497 e. The average Bonchev–Trinajstić information content (AvgIpc) is 2.75. The van der Waals surface area contributed by atoms with E-state index in [1.54, 1.807) is 7.11 Å². The molecule has 0 unspecified atom stereocenters. The van der Waals surface area contributed by atoms with E-state index in [2.05, 4.69) is 64.4 Å². The molecule has 0 radical (unpaired) electrons. The molecule has 4 heteroatoms. The van der Waals surface area contributed by atoms with E-state index in [-0.39, 0.29) is 6.61 Å². The van der Waals surface area contributed by atoms with Gasteiger partial charge in [0.05, 0.1) is 7.11 Å². The third-order valence-corrected chi connectivity index (χ3v) is 5.47. The van der Waals surface area contributed by atoms with E-state index in [0.29, 0.717) is 6.04 Å². The van der Waals surface area contributed by atoms with Gasteiger partial charge >= 0.3 is 0 Å². The first-order valence-electron chi connectivity index (χ1n) is 10.2. The fourth-order valence-electron chi connectivity index (χ4n) is 3.81. The number of benzene rings is 2. The average molecular weight is 381 g/mol. The summed E-state index contributed by atoms with van der Waals surface area (Å²) in [6, 6.07) is 19.2. The van der Waals surface area contributed by atoms with Crippen LogP contribution in [-0.4, -0.2) is 67.4 Å². The normalized spacial score (nSPS) is 18.6. The third-order valence-electron chi connectivity index (χ3n) is 5.47. The van der Waals surface area contributed by atoms with Crippen LogP contribution in [0.4, 0.5) is 0 Å². The second-order valence-electron chi connectivity index (χ2n) is 7.37. The van der Waals surface area contributed by atoms with Gasteiger partial charge < -0.3 is 9.84 Å². The molecule has 0 spiro atoms. The second-order valence-corrected chi connectivity index (χ2v) is 7.37. The number of methoxy groups -OCH3 is 1. The molecule has 1 aliphatic rings. The first kappa shape index (κ1) is 20.6. The lowest BCUT2D eigenvalue weighted by Gasteiger charge is -2.41. The molecule has 1 heterocycles. The lowest BCUT2D eigenvalue weighted by molar-refractivity contribution is 0.0662. The highest BCUT2D eigenvalue weighted by molar-refractivity contribution is 5.50. The molecule has 4 nitrogen and oxygen atoms in total. The molecule has 3 rings (SSSR count). The van der Waals surface area contributed by atoms with Crippen molar-refractivity contribution in [2.24, 2.45) is 0 Å². The van der Waals surface area contributed by atoms with Crippen molar-refractivity contribution in [3.05, 3.63) is 71.8 Å². The number of ether oxygens (including phenoxy) is 1. The van der Waals surface area contributed by atoms with Gasteiger partial charge in [-0.15, -0.1) is 0 Å². The fourth-order valence-corrected chi connectivity index (χ4v) is 3.81. The molecule has 2 aromatic rings. The molecule has 1 fully saturated rings. The van der Waals surface area contributed by atoms with Crippen molar-refractivity contribution in [2.75, 3.05) is 46.4 Å². The highest BCUT2D eigenvalue weighted by Gasteiger charge is 2.25. The van der Waals surface area contributed by atoms with E-state index in [1.165, 1.54) is 11.1 Å². The monoisotopic (exact) mass is 380 g/mol. The van der Waals surface area contributed by atoms with Crippen molar-refractivity contribution >= 4 is 6.08 Å². The number of piperazine rings is 1. The predicted octanol–water partition coefficient (Wildman–Crippen LogP) is 3.32. The Kier molecular flexibility index (Phi) is 8.09. The van der Waals surface area contributed by atoms with Gasteiger partial charge in [0.15, 0.2) is 0 Å². The summed E-state index contributed by atoms with van der Waals surface area (Å²) < 4.78 is 5.20. The number of nitrogens with zero attached hydrogens (tertiary/aromatic N) is 2. The quantitative estimate of drug-likeness (QED) is 0.724. The fraction of sp³-hybridized carbons (Fsp3) is 0.417. The number of hydrogen-bond donors (Lipinski definition) is 1. The maximum absolute atomic E-state index is 9.51. The molecule has 0 aliphatic carbocycles. The van der Waals surface area contributed by atoms with Crippen LogP contribution in [0, 0.1) is 0 Å². The van der Waals surface area contributed by atoms with E-state index >= 15 is 0 Å². The molecule has 1 aliphatic heterocycles. The highest BCUT2D eigenvalue weighted by atomic mass is 16.5. The van der Waals surface area contributed by atoms with Crippen LogP contribution < -0.4 is 4.74 Å². The smallest absolute Gasteiger partial charge is 0.118 e. The van der Waals surface area contributed by atoms with E-state index in [9.17, 15) is 5.11 Å². The number of aliphatic hydroxyl groups excluding tert-OH is 1. The molecule has 0 amide bonds.